The molecule has 3 atom stereocenters. The van der Waals surface area contributed by atoms with Crippen LogP contribution in [0, 0.1) is 11.8 Å². The van der Waals surface area contributed by atoms with Crippen molar-refractivity contribution in [3.8, 4) is 0 Å². The molecule has 0 radical (unpaired) electrons. The van der Waals surface area contributed by atoms with E-state index in [0.717, 1.165) is 19.6 Å². The third kappa shape index (κ3) is 3.81. The van der Waals surface area contributed by atoms with Crippen LogP contribution in [0.1, 0.15) is 5.56 Å². The van der Waals surface area contributed by atoms with Crippen LogP contribution >= 0.6 is 0 Å². The number of fused-ring (bicyclic) bond motifs is 1. The summed E-state index contributed by atoms with van der Waals surface area (Å²) in [7, 11) is -3.47. The van der Waals surface area contributed by atoms with Crippen LogP contribution in [0.3, 0.4) is 0 Å². The molecule has 3 heterocycles. The number of pyridine rings is 1. The number of hydrogen-bond acceptors (Lipinski definition) is 5. The summed E-state index contributed by atoms with van der Waals surface area (Å²) < 4.78 is 33.5. The maximum atomic E-state index is 12.4. The second-order valence-corrected chi connectivity index (χ2v) is 8.78. The predicted octanol–water partition coefficient (Wildman–Crippen LogP) is 1.51. The normalized spacial score (nSPS) is 26.1. The number of likely N-dealkylation sites (tertiary alicyclic amines) is 1. The van der Waals surface area contributed by atoms with E-state index in [9.17, 15) is 8.42 Å². The zero-order valence-electron chi connectivity index (χ0n) is 14.5. The van der Waals surface area contributed by atoms with E-state index in [1.54, 1.807) is 30.5 Å². The highest BCUT2D eigenvalue weighted by Gasteiger charge is 2.43. The van der Waals surface area contributed by atoms with E-state index in [1.165, 1.54) is 5.56 Å². The van der Waals surface area contributed by atoms with Crippen LogP contribution in [0.15, 0.2) is 59.8 Å². The summed E-state index contributed by atoms with van der Waals surface area (Å²) in [6, 6.07) is 12.5. The molecule has 0 saturated carbocycles. The van der Waals surface area contributed by atoms with Gasteiger partial charge in [-0.25, -0.2) is 13.1 Å². The summed E-state index contributed by atoms with van der Waals surface area (Å²) in [6.45, 7) is 3.71. The lowest BCUT2D eigenvalue weighted by Crippen LogP contribution is -2.34. The van der Waals surface area contributed by atoms with Gasteiger partial charge in [0.2, 0.25) is 10.0 Å². The molecule has 2 fully saturated rings. The number of ether oxygens (including phenoxy) is 1. The molecular weight excluding hydrogens is 350 g/mol. The van der Waals surface area contributed by atoms with Crippen molar-refractivity contribution in [2.24, 2.45) is 11.8 Å². The first-order chi connectivity index (χ1) is 12.6. The van der Waals surface area contributed by atoms with E-state index in [2.05, 4.69) is 20.7 Å². The molecule has 26 heavy (non-hydrogen) atoms. The Kier molecular flexibility index (Phi) is 5.04. The van der Waals surface area contributed by atoms with Crippen molar-refractivity contribution in [3.05, 3.63) is 60.4 Å². The average molecular weight is 373 g/mol. The number of rotatable bonds is 6. The molecule has 7 heteroatoms. The quantitative estimate of drug-likeness (QED) is 0.831. The van der Waals surface area contributed by atoms with Crippen LogP contribution in [-0.2, 0) is 21.3 Å². The second-order valence-electron chi connectivity index (χ2n) is 7.02. The Balaban J connectivity index is 1.35. The Morgan fingerprint density at radius 1 is 1.15 bits per heavy atom. The van der Waals surface area contributed by atoms with Gasteiger partial charge >= 0.3 is 0 Å². The summed E-state index contributed by atoms with van der Waals surface area (Å²) in [5, 5.41) is 0. The van der Waals surface area contributed by atoms with Gasteiger partial charge in [0.25, 0.3) is 0 Å². The molecule has 0 amide bonds. The lowest BCUT2D eigenvalue weighted by molar-refractivity contribution is 0.0942. The van der Waals surface area contributed by atoms with Crippen molar-refractivity contribution in [3.63, 3.8) is 0 Å². The standard InChI is InChI=1S/C19H23N3O3S/c23-26(24,17-6-2-1-3-7-17)21-10-16-14-25-19-13-22(12-18(16)19)11-15-5-4-8-20-9-15/h1-9,16,18-19,21H,10-14H2/t16-,18-,19-/m1/s1. The van der Waals surface area contributed by atoms with Crippen molar-refractivity contribution in [2.45, 2.75) is 17.5 Å². The van der Waals surface area contributed by atoms with Crippen LogP contribution in [0.2, 0.25) is 0 Å². The molecule has 0 bridgehead atoms. The molecule has 138 valence electrons. The number of aromatic nitrogens is 1. The summed E-state index contributed by atoms with van der Waals surface area (Å²) in [4.78, 5) is 6.84. The first-order valence-corrected chi connectivity index (χ1v) is 10.4. The topological polar surface area (TPSA) is 71.5 Å². The molecule has 6 nitrogen and oxygen atoms in total. The van der Waals surface area contributed by atoms with E-state index in [4.69, 9.17) is 4.74 Å². The van der Waals surface area contributed by atoms with Crippen molar-refractivity contribution in [2.75, 3.05) is 26.2 Å². The minimum absolute atomic E-state index is 0.193. The molecule has 2 saturated heterocycles. The number of nitrogens with zero attached hydrogens (tertiary/aromatic N) is 2. The van der Waals surface area contributed by atoms with Gasteiger partial charge in [0.05, 0.1) is 17.6 Å². The van der Waals surface area contributed by atoms with Crippen LogP contribution in [-0.4, -0.2) is 50.6 Å². The molecule has 2 aliphatic heterocycles. The minimum Gasteiger partial charge on any atom is -0.376 e. The molecular formula is C19H23N3O3S. The highest BCUT2D eigenvalue weighted by Crippen LogP contribution is 2.34. The van der Waals surface area contributed by atoms with E-state index < -0.39 is 10.0 Å². The van der Waals surface area contributed by atoms with Gasteiger partial charge in [-0.1, -0.05) is 24.3 Å². The van der Waals surface area contributed by atoms with Gasteiger partial charge in [0.1, 0.15) is 0 Å². The van der Waals surface area contributed by atoms with Crippen molar-refractivity contribution < 1.29 is 13.2 Å². The van der Waals surface area contributed by atoms with E-state index in [1.807, 2.05) is 18.3 Å². The highest BCUT2D eigenvalue weighted by atomic mass is 32.2. The predicted molar refractivity (Wildman–Crippen MR) is 97.9 cm³/mol. The molecule has 0 unspecified atom stereocenters. The second kappa shape index (κ2) is 7.44. The van der Waals surface area contributed by atoms with Gasteiger partial charge in [-0.15, -0.1) is 0 Å². The van der Waals surface area contributed by atoms with E-state index >= 15 is 0 Å². The van der Waals surface area contributed by atoms with E-state index in [0.29, 0.717) is 24.0 Å². The Labute approximate surface area is 154 Å². The van der Waals surface area contributed by atoms with Gasteiger partial charge in [0, 0.05) is 50.4 Å². The zero-order valence-corrected chi connectivity index (χ0v) is 15.3. The maximum Gasteiger partial charge on any atom is 0.240 e. The lowest BCUT2D eigenvalue weighted by atomic mass is 9.93. The molecule has 4 rings (SSSR count). The third-order valence-electron chi connectivity index (χ3n) is 5.23. The summed E-state index contributed by atoms with van der Waals surface area (Å²) in [6.07, 6.45) is 3.86. The molecule has 1 aromatic carbocycles. The molecule has 0 spiro atoms. The van der Waals surface area contributed by atoms with Crippen molar-refractivity contribution in [1.82, 2.24) is 14.6 Å². The fourth-order valence-electron chi connectivity index (χ4n) is 3.87. The molecule has 1 aromatic heterocycles. The zero-order chi connectivity index (χ0) is 18.0. The van der Waals surface area contributed by atoms with Crippen molar-refractivity contribution >= 4 is 10.0 Å². The Morgan fingerprint density at radius 3 is 2.77 bits per heavy atom. The fourth-order valence-corrected chi connectivity index (χ4v) is 4.98. The number of benzene rings is 1. The first-order valence-electron chi connectivity index (χ1n) is 8.89. The van der Waals surface area contributed by atoms with Crippen LogP contribution in [0.4, 0.5) is 0 Å². The number of sulfonamides is 1. The number of nitrogens with one attached hydrogen (secondary N) is 1. The van der Waals surface area contributed by atoms with Gasteiger partial charge < -0.3 is 4.74 Å². The lowest BCUT2D eigenvalue weighted by Gasteiger charge is -2.20. The summed E-state index contributed by atoms with van der Waals surface area (Å²) >= 11 is 0. The molecule has 2 aliphatic rings. The highest BCUT2D eigenvalue weighted by molar-refractivity contribution is 7.89. The summed E-state index contributed by atoms with van der Waals surface area (Å²) in [5.41, 5.74) is 1.19. The Hall–Kier alpha value is -1.80. The monoisotopic (exact) mass is 373 g/mol. The number of hydrogen-bond donors (Lipinski definition) is 1. The minimum atomic E-state index is -3.47. The van der Waals surface area contributed by atoms with Gasteiger partial charge in [-0.2, -0.15) is 0 Å². The van der Waals surface area contributed by atoms with Crippen molar-refractivity contribution in [1.29, 1.82) is 0 Å². The largest absolute Gasteiger partial charge is 0.376 e. The van der Waals surface area contributed by atoms with Gasteiger partial charge in [-0.3, -0.25) is 9.88 Å². The summed E-state index contributed by atoms with van der Waals surface area (Å²) in [5.74, 6) is 0.572. The van der Waals surface area contributed by atoms with Crippen LogP contribution in [0.5, 0.6) is 0 Å². The third-order valence-corrected chi connectivity index (χ3v) is 6.67. The Bertz CT molecular complexity index is 830. The van der Waals surface area contributed by atoms with Gasteiger partial charge in [0.15, 0.2) is 0 Å². The smallest absolute Gasteiger partial charge is 0.240 e. The Morgan fingerprint density at radius 2 is 2.00 bits per heavy atom. The SMILES string of the molecule is O=S(=O)(NC[C@@H]1CO[C@@H]2CN(Cc3cccnc3)C[C@H]12)c1ccccc1. The van der Waals surface area contributed by atoms with Crippen LogP contribution in [0.25, 0.3) is 0 Å². The van der Waals surface area contributed by atoms with Gasteiger partial charge in [-0.05, 0) is 23.8 Å². The van der Waals surface area contributed by atoms with E-state index in [-0.39, 0.29) is 12.0 Å². The molecule has 2 aromatic rings. The maximum absolute atomic E-state index is 12.4. The first kappa shape index (κ1) is 17.6. The average Bonchev–Trinajstić information content (AvgIpc) is 3.22. The van der Waals surface area contributed by atoms with Crippen LogP contribution < -0.4 is 4.72 Å². The fraction of sp³-hybridized carbons (Fsp3) is 0.421. The molecule has 0 aliphatic carbocycles. The molecule has 1 N–H and O–H groups in total.